The first-order valence-corrected chi connectivity index (χ1v) is 16.7. The van der Waals surface area contributed by atoms with Crippen LogP contribution in [0.5, 0.6) is 0 Å². The fourth-order valence-electron chi connectivity index (χ4n) is 7.17. The van der Waals surface area contributed by atoms with E-state index in [1.807, 2.05) is 72.8 Å². The van der Waals surface area contributed by atoms with Gasteiger partial charge in [-0.25, -0.2) is 15.0 Å². The van der Waals surface area contributed by atoms with E-state index in [4.69, 9.17) is 19.4 Å². The van der Waals surface area contributed by atoms with Crippen molar-refractivity contribution in [3.05, 3.63) is 170 Å². The molecule has 0 aliphatic carbocycles. The summed E-state index contributed by atoms with van der Waals surface area (Å²) in [5, 5.41) is 4.43. The van der Waals surface area contributed by atoms with Crippen LogP contribution in [0.25, 0.3) is 94.7 Å². The molecule has 50 heavy (non-hydrogen) atoms. The van der Waals surface area contributed by atoms with E-state index in [9.17, 15) is 0 Å². The molecule has 10 aromatic rings. The summed E-state index contributed by atoms with van der Waals surface area (Å²) in [7, 11) is 0. The van der Waals surface area contributed by atoms with Crippen molar-refractivity contribution in [3.63, 3.8) is 0 Å². The summed E-state index contributed by atoms with van der Waals surface area (Å²) in [6.07, 6.45) is 0. The van der Waals surface area contributed by atoms with Gasteiger partial charge in [-0.15, -0.1) is 0 Å². The molecular formula is C45H28N4O. The van der Waals surface area contributed by atoms with Gasteiger partial charge in [0, 0.05) is 43.8 Å². The van der Waals surface area contributed by atoms with Crippen molar-refractivity contribution in [2.24, 2.45) is 0 Å². The van der Waals surface area contributed by atoms with E-state index in [-0.39, 0.29) is 0 Å². The summed E-state index contributed by atoms with van der Waals surface area (Å²) >= 11 is 0. The van der Waals surface area contributed by atoms with Crippen LogP contribution in [-0.2, 0) is 0 Å². The molecule has 7 aromatic carbocycles. The van der Waals surface area contributed by atoms with Crippen LogP contribution in [0.3, 0.4) is 0 Å². The zero-order valence-electron chi connectivity index (χ0n) is 26.9. The largest absolute Gasteiger partial charge is 0.456 e. The Morgan fingerprint density at radius 1 is 0.360 bits per heavy atom. The van der Waals surface area contributed by atoms with Crippen LogP contribution in [0, 0.1) is 0 Å². The molecule has 0 amide bonds. The van der Waals surface area contributed by atoms with Crippen molar-refractivity contribution in [1.29, 1.82) is 0 Å². The molecule has 3 heterocycles. The molecule has 0 spiro atoms. The van der Waals surface area contributed by atoms with E-state index in [1.54, 1.807) is 0 Å². The van der Waals surface area contributed by atoms with Crippen molar-refractivity contribution in [2.75, 3.05) is 0 Å². The van der Waals surface area contributed by atoms with Gasteiger partial charge in [-0.05, 0) is 35.9 Å². The molecule has 0 atom stereocenters. The van der Waals surface area contributed by atoms with Crippen molar-refractivity contribution in [3.8, 4) is 51.0 Å². The number of benzene rings is 7. The maximum absolute atomic E-state index is 6.38. The number of para-hydroxylation sites is 3. The SMILES string of the molecule is c1ccc(-c2nc(-c3ccccc3)nc(-c3cccc(-c4ccccc4)c3-n3c4ccccc4c4cc5oc6ccccc6c5cc43)n2)cc1. The Labute approximate surface area is 287 Å². The van der Waals surface area contributed by atoms with E-state index in [0.29, 0.717) is 17.5 Å². The third-order valence-corrected chi connectivity index (χ3v) is 9.46. The van der Waals surface area contributed by atoms with Gasteiger partial charge < -0.3 is 8.98 Å². The summed E-state index contributed by atoms with van der Waals surface area (Å²) < 4.78 is 8.77. The molecule has 0 saturated heterocycles. The second-order valence-corrected chi connectivity index (χ2v) is 12.4. The molecule has 0 unspecified atom stereocenters. The lowest BCUT2D eigenvalue weighted by molar-refractivity contribution is 0.669. The van der Waals surface area contributed by atoms with Gasteiger partial charge >= 0.3 is 0 Å². The van der Waals surface area contributed by atoms with E-state index < -0.39 is 0 Å². The molecule has 5 heteroatoms. The lowest BCUT2D eigenvalue weighted by atomic mass is 9.98. The molecule has 0 N–H and O–H groups in total. The molecule has 0 radical (unpaired) electrons. The zero-order chi connectivity index (χ0) is 33.0. The Hall–Kier alpha value is -6.85. The number of fused-ring (bicyclic) bond motifs is 6. The van der Waals surface area contributed by atoms with Crippen LogP contribution in [0.1, 0.15) is 0 Å². The Morgan fingerprint density at radius 2 is 0.920 bits per heavy atom. The van der Waals surface area contributed by atoms with E-state index >= 15 is 0 Å². The first-order valence-electron chi connectivity index (χ1n) is 16.7. The standard InChI is InChI=1S/C45H28N4O/c1-4-15-29(16-5-1)32-23-14-24-35(45-47-43(30-17-6-2-7-18-30)46-44(48-45)31-19-8-3-9-20-31)42(32)49-38-25-12-10-21-33(38)36-28-41-37(27-39(36)49)34-22-11-13-26-40(34)50-41/h1-28H. The molecule has 10 rings (SSSR count). The molecule has 0 aliphatic rings. The zero-order valence-corrected chi connectivity index (χ0v) is 26.9. The van der Waals surface area contributed by atoms with Gasteiger partial charge in [0.15, 0.2) is 17.5 Å². The fourth-order valence-corrected chi connectivity index (χ4v) is 7.17. The number of aromatic nitrogens is 4. The van der Waals surface area contributed by atoms with Crippen LogP contribution >= 0.6 is 0 Å². The summed E-state index contributed by atoms with van der Waals surface area (Å²) in [5.74, 6) is 1.85. The van der Waals surface area contributed by atoms with Gasteiger partial charge in [0.25, 0.3) is 0 Å². The highest BCUT2D eigenvalue weighted by molar-refractivity contribution is 6.17. The second-order valence-electron chi connectivity index (χ2n) is 12.4. The molecular weight excluding hydrogens is 613 g/mol. The number of hydrogen-bond donors (Lipinski definition) is 0. The van der Waals surface area contributed by atoms with Crippen molar-refractivity contribution in [2.45, 2.75) is 0 Å². The summed E-state index contributed by atoms with van der Waals surface area (Å²) in [5.41, 5.74) is 9.86. The maximum atomic E-state index is 6.38. The van der Waals surface area contributed by atoms with Gasteiger partial charge in [-0.1, -0.05) is 140 Å². The monoisotopic (exact) mass is 640 g/mol. The van der Waals surface area contributed by atoms with Crippen LogP contribution in [0.2, 0.25) is 0 Å². The number of rotatable bonds is 5. The predicted molar refractivity (Wildman–Crippen MR) is 203 cm³/mol. The van der Waals surface area contributed by atoms with Crippen LogP contribution < -0.4 is 0 Å². The highest BCUT2D eigenvalue weighted by Gasteiger charge is 2.23. The minimum absolute atomic E-state index is 0.603. The fraction of sp³-hybridized carbons (Fsp3) is 0. The molecule has 0 saturated carbocycles. The minimum atomic E-state index is 0.603. The molecule has 0 fully saturated rings. The van der Waals surface area contributed by atoms with Gasteiger partial charge in [-0.3, -0.25) is 0 Å². The van der Waals surface area contributed by atoms with E-state index in [1.165, 1.54) is 0 Å². The smallest absolute Gasteiger partial charge is 0.166 e. The van der Waals surface area contributed by atoms with Crippen LogP contribution in [0.4, 0.5) is 0 Å². The summed E-state index contributed by atoms with van der Waals surface area (Å²) in [6, 6.07) is 58.5. The topological polar surface area (TPSA) is 56.7 Å². The van der Waals surface area contributed by atoms with Gasteiger partial charge in [0.05, 0.1) is 16.7 Å². The normalized spacial score (nSPS) is 11.6. The van der Waals surface area contributed by atoms with Crippen LogP contribution in [-0.4, -0.2) is 19.5 Å². The minimum Gasteiger partial charge on any atom is -0.456 e. The number of hydrogen-bond acceptors (Lipinski definition) is 4. The summed E-state index contributed by atoms with van der Waals surface area (Å²) in [6.45, 7) is 0. The third-order valence-electron chi connectivity index (χ3n) is 9.46. The van der Waals surface area contributed by atoms with E-state index in [0.717, 1.165) is 77.2 Å². The van der Waals surface area contributed by atoms with Gasteiger partial charge in [0.1, 0.15) is 11.2 Å². The quantitative estimate of drug-likeness (QED) is 0.188. The molecule has 234 valence electrons. The lowest BCUT2D eigenvalue weighted by Crippen LogP contribution is -2.05. The van der Waals surface area contributed by atoms with Gasteiger partial charge in [0.2, 0.25) is 0 Å². The van der Waals surface area contributed by atoms with E-state index in [2.05, 4.69) is 102 Å². The molecule has 0 bridgehead atoms. The summed E-state index contributed by atoms with van der Waals surface area (Å²) in [4.78, 5) is 15.4. The predicted octanol–water partition coefficient (Wildman–Crippen LogP) is 11.5. The molecule has 5 nitrogen and oxygen atoms in total. The van der Waals surface area contributed by atoms with Crippen LogP contribution in [0.15, 0.2) is 174 Å². The highest BCUT2D eigenvalue weighted by atomic mass is 16.3. The maximum Gasteiger partial charge on any atom is 0.166 e. The Morgan fingerprint density at radius 3 is 1.62 bits per heavy atom. The lowest BCUT2D eigenvalue weighted by Gasteiger charge is -2.19. The Bertz CT molecular complexity index is 2800. The average molecular weight is 641 g/mol. The number of furan rings is 1. The van der Waals surface area contributed by atoms with Crippen molar-refractivity contribution in [1.82, 2.24) is 19.5 Å². The first kappa shape index (κ1) is 28.2. The Kier molecular flexibility index (Phi) is 6.42. The number of nitrogens with zero attached hydrogens (tertiary/aromatic N) is 4. The third kappa shape index (κ3) is 4.52. The van der Waals surface area contributed by atoms with Gasteiger partial charge in [-0.2, -0.15) is 0 Å². The second kappa shape index (κ2) is 11.4. The van der Waals surface area contributed by atoms with Crippen molar-refractivity contribution < 1.29 is 4.42 Å². The first-order chi connectivity index (χ1) is 24.8. The molecule has 0 aliphatic heterocycles. The highest BCUT2D eigenvalue weighted by Crippen LogP contribution is 2.43. The van der Waals surface area contributed by atoms with Crippen molar-refractivity contribution >= 4 is 43.7 Å². The molecule has 3 aromatic heterocycles. The average Bonchev–Trinajstić information content (AvgIpc) is 3.72. The Balaban J connectivity index is 1.34.